The maximum absolute atomic E-state index is 12.9. The molecule has 2 rings (SSSR count). The number of rotatable bonds is 11. The van der Waals surface area contributed by atoms with Gasteiger partial charge in [-0.25, -0.2) is 21.1 Å². The van der Waals surface area contributed by atoms with Gasteiger partial charge in [-0.3, -0.25) is 4.79 Å². The average Bonchev–Trinajstić information content (AvgIpc) is 2.77. The van der Waals surface area contributed by atoms with Gasteiger partial charge in [0.05, 0.1) is 15.8 Å². The average molecular weight is 500 g/mol. The Morgan fingerprint density at radius 2 is 1.56 bits per heavy atom. The lowest BCUT2D eigenvalue weighted by Gasteiger charge is -2.22. The van der Waals surface area contributed by atoms with Crippen molar-refractivity contribution in [1.82, 2.24) is 14.3 Å². The number of hydrogen-bond acceptors (Lipinski definition) is 6. The monoisotopic (exact) mass is 499 g/mol. The minimum Gasteiger partial charge on any atom is -0.348 e. The number of amides is 1. The van der Waals surface area contributed by atoms with E-state index in [1.54, 1.807) is 37.3 Å². The van der Waals surface area contributed by atoms with E-state index in [0.717, 1.165) is 4.31 Å². The van der Waals surface area contributed by atoms with Gasteiger partial charge in [-0.1, -0.05) is 30.3 Å². The van der Waals surface area contributed by atoms with E-state index in [1.165, 1.54) is 50.1 Å². The summed E-state index contributed by atoms with van der Waals surface area (Å²) < 4.78 is 53.5. The standard InChI is InChI=1S/C21H29N3O5S3/c1-16(17-10-12-19(13-11-17)32(28,29)24(2)3)22-21(25)20(14-15-30-4)23-31(26,27)18-8-6-5-7-9-18/h5-13,16,20,23H,14-15H2,1-4H3,(H,22,25). The Bertz CT molecular complexity index is 1100. The highest BCUT2D eigenvalue weighted by atomic mass is 32.2. The zero-order valence-electron chi connectivity index (χ0n) is 18.5. The third kappa shape index (κ3) is 6.79. The number of carbonyl (C=O) groups is 1. The molecule has 0 aliphatic rings. The summed E-state index contributed by atoms with van der Waals surface area (Å²) in [4.78, 5) is 13.1. The van der Waals surface area contributed by atoms with E-state index in [1.807, 2.05) is 6.26 Å². The van der Waals surface area contributed by atoms with Crippen LogP contribution < -0.4 is 10.0 Å². The van der Waals surface area contributed by atoms with Gasteiger partial charge in [-0.2, -0.15) is 16.5 Å². The van der Waals surface area contributed by atoms with E-state index in [-0.39, 0.29) is 9.79 Å². The van der Waals surface area contributed by atoms with Gasteiger partial charge in [0.1, 0.15) is 6.04 Å². The Balaban J connectivity index is 2.15. The quantitative estimate of drug-likeness (QED) is 0.490. The molecule has 2 N–H and O–H groups in total. The molecule has 0 fully saturated rings. The fraction of sp³-hybridized carbons (Fsp3) is 0.381. The van der Waals surface area contributed by atoms with Gasteiger partial charge >= 0.3 is 0 Å². The second-order valence-corrected chi connectivity index (χ2v) is 12.2. The van der Waals surface area contributed by atoms with Crippen molar-refractivity contribution >= 4 is 37.7 Å². The molecule has 11 heteroatoms. The van der Waals surface area contributed by atoms with E-state index < -0.39 is 38.0 Å². The van der Waals surface area contributed by atoms with Gasteiger partial charge in [-0.15, -0.1) is 0 Å². The largest absolute Gasteiger partial charge is 0.348 e. The number of sulfonamides is 2. The molecule has 0 aromatic heterocycles. The third-order valence-electron chi connectivity index (χ3n) is 4.80. The van der Waals surface area contributed by atoms with Crippen LogP contribution in [0.4, 0.5) is 0 Å². The minimum atomic E-state index is -3.86. The molecule has 2 unspecified atom stereocenters. The Hall–Kier alpha value is -1.92. The first-order valence-electron chi connectivity index (χ1n) is 9.88. The van der Waals surface area contributed by atoms with E-state index in [9.17, 15) is 21.6 Å². The summed E-state index contributed by atoms with van der Waals surface area (Å²) in [5.74, 6) is 0.150. The van der Waals surface area contributed by atoms with Crippen molar-refractivity contribution in [3.05, 3.63) is 60.2 Å². The Morgan fingerprint density at radius 3 is 2.09 bits per heavy atom. The topological polar surface area (TPSA) is 113 Å². The Kier molecular flexibility index (Phi) is 9.28. The van der Waals surface area contributed by atoms with Crippen molar-refractivity contribution in [3.63, 3.8) is 0 Å². The Morgan fingerprint density at radius 1 is 0.969 bits per heavy atom. The first kappa shape index (κ1) is 26.3. The van der Waals surface area contributed by atoms with Gasteiger partial charge in [0.15, 0.2) is 0 Å². The molecule has 0 aliphatic carbocycles. The first-order valence-corrected chi connectivity index (χ1v) is 14.2. The van der Waals surface area contributed by atoms with E-state index in [0.29, 0.717) is 17.7 Å². The molecule has 0 spiro atoms. The van der Waals surface area contributed by atoms with Crippen LogP contribution in [0, 0.1) is 0 Å². The van der Waals surface area contributed by atoms with Crippen molar-refractivity contribution < 1.29 is 21.6 Å². The fourth-order valence-electron chi connectivity index (χ4n) is 2.87. The predicted molar refractivity (Wildman–Crippen MR) is 127 cm³/mol. The van der Waals surface area contributed by atoms with Crippen molar-refractivity contribution in [2.45, 2.75) is 35.2 Å². The highest BCUT2D eigenvalue weighted by Crippen LogP contribution is 2.19. The van der Waals surface area contributed by atoms with Crippen molar-refractivity contribution in [2.24, 2.45) is 0 Å². The molecule has 2 aromatic rings. The van der Waals surface area contributed by atoms with Crippen LogP contribution in [0.2, 0.25) is 0 Å². The molecule has 0 radical (unpaired) electrons. The lowest BCUT2D eigenvalue weighted by Crippen LogP contribution is -2.47. The molecule has 2 aromatic carbocycles. The number of nitrogens with one attached hydrogen (secondary N) is 2. The molecule has 1 amide bonds. The summed E-state index contributed by atoms with van der Waals surface area (Å²) in [5.41, 5.74) is 0.700. The summed E-state index contributed by atoms with van der Waals surface area (Å²) in [6.07, 6.45) is 2.21. The van der Waals surface area contributed by atoms with Gasteiger partial charge in [0.2, 0.25) is 26.0 Å². The number of benzene rings is 2. The molecule has 32 heavy (non-hydrogen) atoms. The normalized spacial score (nSPS) is 14.2. The molecular weight excluding hydrogens is 470 g/mol. The zero-order valence-corrected chi connectivity index (χ0v) is 20.9. The second-order valence-electron chi connectivity index (χ2n) is 7.36. The SMILES string of the molecule is CSCCC(NS(=O)(=O)c1ccccc1)C(=O)NC(C)c1ccc(S(=O)(=O)N(C)C)cc1. The van der Waals surface area contributed by atoms with Crippen LogP contribution in [0.3, 0.4) is 0 Å². The van der Waals surface area contributed by atoms with Crippen LogP contribution in [0.15, 0.2) is 64.4 Å². The van der Waals surface area contributed by atoms with Crippen LogP contribution in [0.5, 0.6) is 0 Å². The van der Waals surface area contributed by atoms with E-state index in [2.05, 4.69) is 10.0 Å². The van der Waals surface area contributed by atoms with E-state index in [4.69, 9.17) is 0 Å². The zero-order chi connectivity index (χ0) is 23.9. The van der Waals surface area contributed by atoms with Crippen LogP contribution in [0.25, 0.3) is 0 Å². The minimum absolute atomic E-state index is 0.0905. The molecule has 0 saturated heterocycles. The van der Waals surface area contributed by atoms with Crippen molar-refractivity contribution in [2.75, 3.05) is 26.1 Å². The third-order valence-corrected chi connectivity index (χ3v) is 8.76. The fourth-order valence-corrected chi connectivity index (χ4v) is 5.49. The molecular formula is C21H29N3O5S3. The summed E-state index contributed by atoms with van der Waals surface area (Å²) in [6, 6.07) is 12.7. The first-order chi connectivity index (χ1) is 15.0. The van der Waals surface area contributed by atoms with E-state index >= 15 is 0 Å². The Labute approximate surface area is 194 Å². The molecule has 2 atom stereocenters. The van der Waals surface area contributed by atoms with Gasteiger partial charge in [-0.05, 0) is 55.2 Å². The van der Waals surface area contributed by atoms with Gasteiger partial charge < -0.3 is 5.32 Å². The lowest BCUT2D eigenvalue weighted by atomic mass is 10.1. The molecule has 0 bridgehead atoms. The molecule has 0 saturated carbocycles. The van der Waals surface area contributed by atoms with Crippen molar-refractivity contribution in [3.8, 4) is 0 Å². The molecule has 0 heterocycles. The molecule has 0 aliphatic heterocycles. The predicted octanol–water partition coefficient (Wildman–Crippen LogP) is 2.21. The second kappa shape index (κ2) is 11.3. The lowest BCUT2D eigenvalue weighted by molar-refractivity contribution is -0.123. The highest BCUT2D eigenvalue weighted by Gasteiger charge is 2.26. The molecule has 8 nitrogen and oxygen atoms in total. The maximum atomic E-state index is 12.9. The summed E-state index contributed by atoms with van der Waals surface area (Å²) in [6.45, 7) is 1.75. The van der Waals surface area contributed by atoms with Crippen LogP contribution in [0.1, 0.15) is 24.9 Å². The van der Waals surface area contributed by atoms with Gasteiger partial charge in [0, 0.05) is 14.1 Å². The van der Waals surface area contributed by atoms with Crippen LogP contribution in [-0.2, 0) is 24.8 Å². The number of nitrogens with zero attached hydrogens (tertiary/aromatic N) is 1. The summed E-state index contributed by atoms with van der Waals surface area (Å²) >= 11 is 1.51. The number of carbonyl (C=O) groups excluding carboxylic acids is 1. The maximum Gasteiger partial charge on any atom is 0.242 e. The number of thioether (sulfide) groups is 1. The smallest absolute Gasteiger partial charge is 0.242 e. The van der Waals surface area contributed by atoms with Crippen LogP contribution in [-0.4, -0.2) is 59.2 Å². The van der Waals surface area contributed by atoms with Crippen molar-refractivity contribution in [1.29, 1.82) is 0 Å². The summed E-state index contributed by atoms with van der Waals surface area (Å²) in [7, 11) is -4.49. The summed E-state index contributed by atoms with van der Waals surface area (Å²) in [5, 5.41) is 2.83. The number of hydrogen-bond donors (Lipinski definition) is 2. The van der Waals surface area contributed by atoms with Gasteiger partial charge in [0.25, 0.3) is 0 Å². The highest BCUT2D eigenvalue weighted by molar-refractivity contribution is 7.98. The van der Waals surface area contributed by atoms with Crippen LogP contribution >= 0.6 is 11.8 Å². The molecule has 176 valence electrons.